The van der Waals surface area contributed by atoms with E-state index in [2.05, 4.69) is 86.8 Å². The summed E-state index contributed by atoms with van der Waals surface area (Å²) < 4.78 is 22.8. The molecule has 0 saturated carbocycles. The summed E-state index contributed by atoms with van der Waals surface area (Å²) in [5.41, 5.74) is 0. The van der Waals surface area contributed by atoms with E-state index in [-0.39, 0.29) is 19.2 Å². The van der Waals surface area contributed by atoms with Gasteiger partial charge in [0.25, 0.3) is 0 Å². The summed E-state index contributed by atoms with van der Waals surface area (Å²) in [7, 11) is 0. The topological polar surface area (TPSA) is 135 Å². The highest BCUT2D eigenvalue weighted by Crippen LogP contribution is 2.22. The number of aliphatic hydroxyl groups excluding tert-OH is 4. The van der Waals surface area contributed by atoms with E-state index in [4.69, 9.17) is 18.9 Å². The number of carbonyl (C=O) groups excluding carboxylic acids is 1. The molecule has 6 atom stereocenters. The van der Waals surface area contributed by atoms with Crippen LogP contribution in [0.2, 0.25) is 0 Å². The third-order valence-electron chi connectivity index (χ3n) is 10.9. The molecule has 9 heteroatoms. The van der Waals surface area contributed by atoms with Gasteiger partial charge in [0, 0.05) is 13.0 Å². The molecule has 0 amide bonds. The molecule has 1 rings (SSSR count). The number of hydrogen-bond donors (Lipinski definition) is 4. The lowest BCUT2D eigenvalue weighted by molar-refractivity contribution is -0.305. The molecule has 1 heterocycles. The van der Waals surface area contributed by atoms with Crippen LogP contribution in [0.3, 0.4) is 0 Å². The van der Waals surface area contributed by atoms with Gasteiger partial charge in [0.1, 0.15) is 30.5 Å². The zero-order valence-corrected chi connectivity index (χ0v) is 38.6. The van der Waals surface area contributed by atoms with Gasteiger partial charge in [-0.3, -0.25) is 4.79 Å². The van der Waals surface area contributed by atoms with Crippen molar-refractivity contribution in [3.05, 3.63) is 72.9 Å². The third-order valence-corrected chi connectivity index (χ3v) is 10.9. The molecular formula is C52H90O9. The van der Waals surface area contributed by atoms with Crippen molar-refractivity contribution in [2.75, 3.05) is 26.4 Å². The average Bonchev–Trinajstić information content (AvgIpc) is 3.26. The maximum Gasteiger partial charge on any atom is 0.306 e. The second-order valence-electron chi connectivity index (χ2n) is 16.5. The quantitative estimate of drug-likeness (QED) is 0.0269. The maximum absolute atomic E-state index is 12.8. The molecule has 0 radical (unpaired) electrons. The van der Waals surface area contributed by atoms with Crippen LogP contribution < -0.4 is 0 Å². The lowest BCUT2D eigenvalue weighted by Crippen LogP contribution is -2.59. The van der Waals surface area contributed by atoms with Crippen LogP contribution in [0.5, 0.6) is 0 Å². The first-order chi connectivity index (χ1) is 29.9. The Morgan fingerprint density at radius 3 is 1.52 bits per heavy atom. The van der Waals surface area contributed by atoms with Crippen LogP contribution in [0.4, 0.5) is 0 Å². The third kappa shape index (κ3) is 33.8. The minimum absolute atomic E-state index is 0.123. The van der Waals surface area contributed by atoms with E-state index in [0.29, 0.717) is 13.0 Å². The number of aliphatic hydroxyl groups is 4. The van der Waals surface area contributed by atoms with Gasteiger partial charge in [-0.2, -0.15) is 0 Å². The summed E-state index contributed by atoms with van der Waals surface area (Å²) in [6.45, 7) is 4.38. The minimum Gasteiger partial charge on any atom is -0.457 e. The maximum atomic E-state index is 12.8. The average molecular weight is 859 g/mol. The van der Waals surface area contributed by atoms with Gasteiger partial charge in [0.05, 0.1) is 19.8 Å². The number of ether oxygens (including phenoxy) is 4. The standard InChI is InChI=1S/C52H90O9/c1-3-5-7-9-11-13-15-17-19-21-23-24-26-28-30-32-34-36-38-40-42-58-44-46(45-59-52-51(57)50(56)49(55)47(43-53)61-52)60-48(54)41-39-37-35-33-31-29-27-25-22-20-18-16-14-12-10-8-6-4-2/h5,7,11,13,17,19-20,22-24,28,30,46-47,49-53,55-57H,3-4,6,8-10,12,14-16,18,21,25-27,29,31-45H2,1-2H3/b7-5-,13-11-,19-17-,22-20-,24-23-,30-28-. The lowest BCUT2D eigenvalue weighted by atomic mass is 9.99. The summed E-state index contributed by atoms with van der Waals surface area (Å²) in [5, 5.41) is 40.2. The fraction of sp³-hybridized carbons (Fsp3) is 0.750. The summed E-state index contributed by atoms with van der Waals surface area (Å²) in [5.74, 6) is -0.329. The zero-order chi connectivity index (χ0) is 44.3. The SMILES string of the molecule is CC/C=C\C/C=C\C/C=C\C/C=C\C/C=C\CCCCCCOCC(COC1OC(CO)C(O)C(O)C1O)OC(=O)CCCCCCCCC/C=C\CCCCCCCCC. The van der Waals surface area contributed by atoms with Crippen LogP contribution in [0, 0.1) is 0 Å². The van der Waals surface area contributed by atoms with E-state index in [0.717, 1.165) is 83.5 Å². The zero-order valence-electron chi connectivity index (χ0n) is 38.6. The molecule has 9 nitrogen and oxygen atoms in total. The molecule has 4 N–H and O–H groups in total. The molecule has 0 aromatic heterocycles. The van der Waals surface area contributed by atoms with Crippen molar-refractivity contribution in [1.82, 2.24) is 0 Å². The molecule has 0 aromatic carbocycles. The monoisotopic (exact) mass is 859 g/mol. The summed E-state index contributed by atoms with van der Waals surface area (Å²) in [4.78, 5) is 12.8. The molecule has 352 valence electrons. The van der Waals surface area contributed by atoms with Gasteiger partial charge in [0.15, 0.2) is 6.29 Å². The van der Waals surface area contributed by atoms with Crippen molar-refractivity contribution in [3.8, 4) is 0 Å². The van der Waals surface area contributed by atoms with Crippen molar-refractivity contribution < 1.29 is 44.2 Å². The first-order valence-corrected chi connectivity index (χ1v) is 24.5. The molecule has 6 unspecified atom stereocenters. The van der Waals surface area contributed by atoms with Crippen LogP contribution in [-0.4, -0.2) is 89.6 Å². The molecule has 1 aliphatic heterocycles. The highest BCUT2D eigenvalue weighted by molar-refractivity contribution is 5.69. The molecule has 0 spiro atoms. The number of hydrogen-bond acceptors (Lipinski definition) is 9. The van der Waals surface area contributed by atoms with Gasteiger partial charge in [0.2, 0.25) is 0 Å². The fourth-order valence-electron chi connectivity index (χ4n) is 7.04. The van der Waals surface area contributed by atoms with E-state index in [1.807, 2.05) is 0 Å². The van der Waals surface area contributed by atoms with E-state index < -0.39 is 43.4 Å². The Kier molecular flexibility index (Phi) is 39.8. The molecule has 0 aromatic rings. The summed E-state index contributed by atoms with van der Waals surface area (Å²) in [6.07, 6.45) is 49.3. The van der Waals surface area contributed by atoms with Gasteiger partial charge >= 0.3 is 5.97 Å². The number of esters is 1. The van der Waals surface area contributed by atoms with Crippen molar-refractivity contribution in [1.29, 1.82) is 0 Å². The Bertz CT molecular complexity index is 1160. The smallest absolute Gasteiger partial charge is 0.306 e. The Morgan fingerprint density at radius 2 is 1.00 bits per heavy atom. The number of carbonyl (C=O) groups is 1. The normalized spacial score (nSPS) is 20.5. The predicted octanol–water partition coefficient (Wildman–Crippen LogP) is 11.6. The van der Waals surface area contributed by atoms with E-state index >= 15 is 0 Å². The van der Waals surface area contributed by atoms with Crippen molar-refractivity contribution in [2.45, 2.75) is 224 Å². The fourth-order valence-corrected chi connectivity index (χ4v) is 7.04. The van der Waals surface area contributed by atoms with Crippen LogP contribution >= 0.6 is 0 Å². The summed E-state index contributed by atoms with van der Waals surface area (Å²) in [6, 6.07) is 0. The number of rotatable bonds is 41. The largest absolute Gasteiger partial charge is 0.457 e. The van der Waals surface area contributed by atoms with E-state index in [1.165, 1.54) is 83.5 Å². The van der Waals surface area contributed by atoms with Crippen LogP contribution in [0.25, 0.3) is 0 Å². The summed E-state index contributed by atoms with van der Waals surface area (Å²) >= 11 is 0. The predicted molar refractivity (Wildman–Crippen MR) is 251 cm³/mol. The van der Waals surface area contributed by atoms with Gasteiger partial charge in [-0.05, 0) is 83.5 Å². The highest BCUT2D eigenvalue weighted by Gasteiger charge is 2.44. The number of allylic oxidation sites excluding steroid dienone is 12. The first-order valence-electron chi connectivity index (χ1n) is 24.5. The van der Waals surface area contributed by atoms with Gasteiger partial charge in [-0.15, -0.1) is 0 Å². The second-order valence-corrected chi connectivity index (χ2v) is 16.5. The Balaban J connectivity index is 2.27. The second kappa shape index (κ2) is 42.9. The van der Waals surface area contributed by atoms with Gasteiger partial charge < -0.3 is 39.4 Å². The molecule has 0 aliphatic carbocycles. The van der Waals surface area contributed by atoms with Crippen LogP contribution in [-0.2, 0) is 23.7 Å². The Labute approximate surface area is 372 Å². The molecule has 61 heavy (non-hydrogen) atoms. The molecule has 0 bridgehead atoms. The van der Waals surface area contributed by atoms with Crippen molar-refractivity contribution in [3.63, 3.8) is 0 Å². The Hall–Kier alpha value is -2.37. The van der Waals surface area contributed by atoms with Gasteiger partial charge in [-0.1, -0.05) is 170 Å². The molecule has 1 saturated heterocycles. The Morgan fingerprint density at radius 1 is 0.541 bits per heavy atom. The van der Waals surface area contributed by atoms with Crippen LogP contribution in [0.1, 0.15) is 187 Å². The van der Waals surface area contributed by atoms with E-state index in [9.17, 15) is 25.2 Å². The van der Waals surface area contributed by atoms with Crippen molar-refractivity contribution in [2.24, 2.45) is 0 Å². The number of unbranched alkanes of at least 4 members (excludes halogenated alkanes) is 18. The molecule has 1 fully saturated rings. The minimum atomic E-state index is -1.55. The van der Waals surface area contributed by atoms with Crippen LogP contribution in [0.15, 0.2) is 72.9 Å². The highest BCUT2D eigenvalue weighted by atomic mass is 16.7. The molecule has 1 aliphatic rings. The van der Waals surface area contributed by atoms with Crippen molar-refractivity contribution >= 4 is 5.97 Å². The lowest BCUT2D eigenvalue weighted by Gasteiger charge is -2.39. The van der Waals surface area contributed by atoms with Gasteiger partial charge in [-0.25, -0.2) is 0 Å². The van der Waals surface area contributed by atoms with E-state index in [1.54, 1.807) is 0 Å². The first kappa shape index (κ1) is 56.6. The molecular weight excluding hydrogens is 769 g/mol.